The molecule has 0 bridgehead atoms. The average molecular weight is 299 g/mol. The Bertz CT molecular complexity index is 450. The number of nitrogens with one attached hydrogen (secondary N) is 1. The molecule has 0 radical (unpaired) electrons. The lowest BCUT2D eigenvalue weighted by Gasteiger charge is -2.41. The number of hydrogen-bond donors (Lipinski definition) is 1. The lowest BCUT2D eigenvalue weighted by Crippen LogP contribution is -2.57. The lowest BCUT2D eigenvalue weighted by molar-refractivity contribution is 0.102. The zero-order valence-electron chi connectivity index (χ0n) is 12.5. The minimum absolute atomic E-state index is 0.214. The van der Waals surface area contributed by atoms with Crippen molar-refractivity contribution in [3.63, 3.8) is 0 Å². The van der Waals surface area contributed by atoms with Gasteiger partial charge in [-0.1, -0.05) is 44.5 Å². The molecule has 112 valence electrons. The molecule has 1 fully saturated rings. The van der Waals surface area contributed by atoms with Crippen LogP contribution in [0.4, 0.5) is 4.39 Å². The molecule has 20 heavy (non-hydrogen) atoms. The molecular formula is C16H24ClFN2. The standard InChI is InChI=1S/C16H24ClFN2/c1-4-13-8-19-15(11(2)3)10-20(13)9-12-6-5-7-14(17)16(12)18/h5-7,11,13,15,19H,4,8-10H2,1-3H3. The number of benzene rings is 1. The summed E-state index contributed by atoms with van der Waals surface area (Å²) in [6.45, 7) is 9.20. The van der Waals surface area contributed by atoms with Crippen LogP contribution in [-0.4, -0.2) is 30.1 Å². The van der Waals surface area contributed by atoms with Crippen LogP contribution >= 0.6 is 11.6 Å². The highest BCUT2D eigenvalue weighted by Crippen LogP contribution is 2.22. The van der Waals surface area contributed by atoms with Gasteiger partial charge in [0.1, 0.15) is 5.82 Å². The smallest absolute Gasteiger partial charge is 0.146 e. The number of halogens is 2. The van der Waals surface area contributed by atoms with E-state index in [1.54, 1.807) is 6.07 Å². The fourth-order valence-corrected chi connectivity index (χ4v) is 3.01. The Morgan fingerprint density at radius 1 is 1.45 bits per heavy atom. The fraction of sp³-hybridized carbons (Fsp3) is 0.625. The van der Waals surface area contributed by atoms with E-state index in [-0.39, 0.29) is 10.8 Å². The van der Waals surface area contributed by atoms with Gasteiger partial charge in [0.2, 0.25) is 0 Å². The molecule has 1 aliphatic rings. The minimum atomic E-state index is -0.274. The zero-order chi connectivity index (χ0) is 14.7. The van der Waals surface area contributed by atoms with Gasteiger partial charge < -0.3 is 5.32 Å². The van der Waals surface area contributed by atoms with Crippen LogP contribution in [0.1, 0.15) is 32.8 Å². The third-order valence-electron chi connectivity index (χ3n) is 4.24. The minimum Gasteiger partial charge on any atom is -0.311 e. The van der Waals surface area contributed by atoms with Crippen LogP contribution in [-0.2, 0) is 6.54 Å². The maximum atomic E-state index is 14.1. The topological polar surface area (TPSA) is 15.3 Å². The molecule has 0 saturated carbocycles. The molecule has 1 heterocycles. The molecule has 4 heteroatoms. The first kappa shape index (κ1) is 15.7. The largest absolute Gasteiger partial charge is 0.311 e. The summed E-state index contributed by atoms with van der Waals surface area (Å²) in [6, 6.07) is 6.19. The molecule has 1 saturated heterocycles. The molecule has 1 aliphatic heterocycles. The van der Waals surface area contributed by atoms with Crippen molar-refractivity contribution in [3.8, 4) is 0 Å². The molecule has 0 aromatic heterocycles. The quantitative estimate of drug-likeness (QED) is 0.912. The van der Waals surface area contributed by atoms with Gasteiger partial charge >= 0.3 is 0 Å². The molecule has 1 aromatic rings. The van der Waals surface area contributed by atoms with Gasteiger partial charge in [0, 0.05) is 37.3 Å². The van der Waals surface area contributed by atoms with Crippen molar-refractivity contribution in [2.45, 2.75) is 45.8 Å². The molecule has 2 unspecified atom stereocenters. The summed E-state index contributed by atoms with van der Waals surface area (Å²) in [5, 5.41) is 3.81. The maximum absolute atomic E-state index is 14.1. The molecular weight excluding hydrogens is 275 g/mol. The van der Waals surface area contributed by atoms with E-state index in [0.717, 1.165) is 19.5 Å². The lowest BCUT2D eigenvalue weighted by atomic mass is 9.98. The molecule has 0 amide bonds. The number of rotatable bonds is 4. The van der Waals surface area contributed by atoms with Crippen molar-refractivity contribution in [2.24, 2.45) is 5.92 Å². The van der Waals surface area contributed by atoms with Crippen molar-refractivity contribution in [2.75, 3.05) is 13.1 Å². The molecule has 2 atom stereocenters. The summed E-state index contributed by atoms with van der Waals surface area (Å²) in [4.78, 5) is 2.38. The monoisotopic (exact) mass is 298 g/mol. The van der Waals surface area contributed by atoms with Crippen LogP contribution < -0.4 is 5.32 Å². The Labute approximate surface area is 126 Å². The Morgan fingerprint density at radius 2 is 2.20 bits per heavy atom. The van der Waals surface area contributed by atoms with E-state index in [0.29, 0.717) is 30.1 Å². The molecule has 1 N–H and O–H groups in total. The van der Waals surface area contributed by atoms with Gasteiger partial charge in [-0.2, -0.15) is 0 Å². The van der Waals surface area contributed by atoms with Gasteiger partial charge in [-0.15, -0.1) is 0 Å². The maximum Gasteiger partial charge on any atom is 0.146 e. The highest BCUT2D eigenvalue weighted by atomic mass is 35.5. The first-order valence-electron chi connectivity index (χ1n) is 7.43. The second-order valence-corrected chi connectivity index (χ2v) is 6.37. The molecule has 1 aromatic carbocycles. The van der Waals surface area contributed by atoms with Crippen LogP contribution in [0.5, 0.6) is 0 Å². The molecule has 0 spiro atoms. The van der Waals surface area contributed by atoms with Crippen LogP contribution in [0, 0.1) is 11.7 Å². The third-order valence-corrected chi connectivity index (χ3v) is 4.54. The van der Waals surface area contributed by atoms with Gasteiger partial charge in [0.15, 0.2) is 0 Å². The van der Waals surface area contributed by atoms with Crippen LogP contribution in [0.15, 0.2) is 18.2 Å². The first-order chi connectivity index (χ1) is 9.52. The van der Waals surface area contributed by atoms with E-state index in [4.69, 9.17) is 11.6 Å². The summed E-state index contributed by atoms with van der Waals surface area (Å²) in [5.74, 6) is 0.308. The molecule has 2 nitrogen and oxygen atoms in total. The number of piperazine rings is 1. The summed E-state index contributed by atoms with van der Waals surface area (Å²) < 4.78 is 14.1. The van der Waals surface area contributed by atoms with Crippen LogP contribution in [0.2, 0.25) is 5.02 Å². The van der Waals surface area contributed by atoms with Gasteiger partial charge in [-0.25, -0.2) is 4.39 Å². The Kier molecular flexibility index (Phi) is 5.42. The van der Waals surface area contributed by atoms with E-state index >= 15 is 0 Å². The van der Waals surface area contributed by atoms with Gasteiger partial charge in [-0.3, -0.25) is 4.90 Å². The van der Waals surface area contributed by atoms with Crippen molar-refractivity contribution in [1.29, 1.82) is 0 Å². The number of nitrogens with zero attached hydrogens (tertiary/aromatic N) is 1. The predicted octanol–water partition coefficient (Wildman–Crippen LogP) is 3.69. The zero-order valence-corrected chi connectivity index (χ0v) is 13.3. The Balaban J connectivity index is 2.13. The van der Waals surface area contributed by atoms with E-state index in [1.165, 1.54) is 0 Å². The van der Waals surface area contributed by atoms with Gasteiger partial charge in [0.05, 0.1) is 5.02 Å². The number of hydrogen-bond acceptors (Lipinski definition) is 2. The summed E-state index contributed by atoms with van der Waals surface area (Å²) in [7, 11) is 0. The van der Waals surface area contributed by atoms with E-state index < -0.39 is 0 Å². The van der Waals surface area contributed by atoms with Crippen molar-refractivity contribution < 1.29 is 4.39 Å². The van der Waals surface area contributed by atoms with Crippen molar-refractivity contribution in [1.82, 2.24) is 10.2 Å². The normalized spacial score (nSPS) is 24.3. The second-order valence-electron chi connectivity index (χ2n) is 5.96. The van der Waals surface area contributed by atoms with Crippen molar-refractivity contribution >= 4 is 11.6 Å². The third kappa shape index (κ3) is 3.51. The molecule has 0 aliphatic carbocycles. The first-order valence-corrected chi connectivity index (χ1v) is 7.81. The summed E-state index contributed by atoms with van der Waals surface area (Å²) >= 11 is 5.88. The summed E-state index contributed by atoms with van der Waals surface area (Å²) in [6.07, 6.45) is 1.07. The Hall–Kier alpha value is -0.640. The van der Waals surface area contributed by atoms with Crippen LogP contribution in [0.3, 0.4) is 0 Å². The highest BCUT2D eigenvalue weighted by molar-refractivity contribution is 6.30. The van der Waals surface area contributed by atoms with E-state index in [9.17, 15) is 4.39 Å². The van der Waals surface area contributed by atoms with Gasteiger partial charge in [-0.05, 0) is 18.4 Å². The van der Waals surface area contributed by atoms with E-state index in [1.807, 2.05) is 12.1 Å². The van der Waals surface area contributed by atoms with Gasteiger partial charge in [0.25, 0.3) is 0 Å². The van der Waals surface area contributed by atoms with Crippen molar-refractivity contribution in [3.05, 3.63) is 34.6 Å². The van der Waals surface area contributed by atoms with Crippen LogP contribution in [0.25, 0.3) is 0 Å². The molecule has 2 rings (SSSR count). The highest BCUT2D eigenvalue weighted by Gasteiger charge is 2.28. The second kappa shape index (κ2) is 6.88. The average Bonchev–Trinajstić information content (AvgIpc) is 2.43. The predicted molar refractivity (Wildman–Crippen MR) is 82.5 cm³/mol. The fourth-order valence-electron chi connectivity index (χ4n) is 2.81. The Morgan fingerprint density at radius 3 is 2.85 bits per heavy atom. The SMILES string of the molecule is CCC1CNC(C(C)C)CN1Cc1cccc(Cl)c1F. The summed E-state index contributed by atoms with van der Waals surface area (Å²) in [5.41, 5.74) is 0.695. The van der Waals surface area contributed by atoms with E-state index in [2.05, 4.69) is 31.0 Å².